The Labute approximate surface area is 121 Å². The van der Waals surface area contributed by atoms with E-state index in [4.69, 9.17) is 0 Å². The van der Waals surface area contributed by atoms with Gasteiger partial charge in [0.15, 0.2) is 0 Å². The van der Waals surface area contributed by atoms with Crippen molar-refractivity contribution in [2.24, 2.45) is 5.41 Å². The van der Waals surface area contributed by atoms with Gasteiger partial charge < -0.3 is 5.11 Å². The zero-order valence-corrected chi connectivity index (χ0v) is 12.6. The van der Waals surface area contributed by atoms with Gasteiger partial charge in [0.05, 0.1) is 0 Å². The second-order valence-electron chi connectivity index (χ2n) is 6.79. The molecule has 106 valence electrons. The summed E-state index contributed by atoms with van der Waals surface area (Å²) in [6.45, 7) is 9.05. The summed E-state index contributed by atoms with van der Waals surface area (Å²) in [5.41, 5.74) is 1.43. The van der Waals surface area contributed by atoms with Crippen LogP contribution >= 0.6 is 0 Å². The van der Waals surface area contributed by atoms with Crippen LogP contribution in [0.15, 0.2) is 36.4 Å². The highest BCUT2D eigenvalue weighted by Gasteiger charge is 2.32. The van der Waals surface area contributed by atoms with Gasteiger partial charge in [0.2, 0.25) is 0 Å². The van der Waals surface area contributed by atoms with Crippen molar-refractivity contribution in [3.05, 3.63) is 42.0 Å². The number of likely N-dealkylation sites (tertiary alicyclic amines) is 1. The second kappa shape index (κ2) is 4.78. The van der Waals surface area contributed by atoms with Crippen molar-refractivity contribution in [3.8, 4) is 5.75 Å². The zero-order valence-electron chi connectivity index (χ0n) is 12.6. The van der Waals surface area contributed by atoms with Gasteiger partial charge in [-0.25, -0.2) is 0 Å². The molecular weight excluding hydrogens is 246 g/mol. The van der Waals surface area contributed by atoms with Gasteiger partial charge in [0.1, 0.15) is 5.75 Å². The first-order valence-corrected chi connectivity index (χ1v) is 7.43. The Morgan fingerprint density at radius 2 is 1.90 bits per heavy atom. The van der Waals surface area contributed by atoms with E-state index in [9.17, 15) is 5.11 Å². The minimum absolute atomic E-state index is 0.265. The number of phenols is 1. The Hall–Kier alpha value is -1.54. The Bertz CT molecular complexity index is 632. The van der Waals surface area contributed by atoms with Crippen molar-refractivity contribution in [1.82, 2.24) is 4.90 Å². The van der Waals surface area contributed by atoms with Crippen LogP contribution in [0.4, 0.5) is 0 Å². The van der Waals surface area contributed by atoms with Crippen LogP contribution in [0.1, 0.15) is 38.8 Å². The molecule has 0 aromatic heterocycles. The first-order chi connectivity index (χ1) is 9.48. The third-order valence-corrected chi connectivity index (χ3v) is 4.64. The molecule has 3 rings (SSSR count). The second-order valence-corrected chi connectivity index (χ2v) is 6.79. The van der Waals surface area contributed by atoms with Gasteiger partial charge in [-0.05, 0) is 30.7 Å². The molecule has 0 aliphatic carbocycles. The minimum Gasteiger partial charge on any atom is -0.507 e. The van der Waals surface area contributed by atoms with E-state index in [0.717, 1.165) is 29.4 Å². The van der Waals surface area contributed by atoms with Crippen LogP contribution in [-0.4, -0.2) is 23.1 Å². The normalized spacial score (nSPS) is 20.4. The Morgan fingerprint density at radius 3 is 2.60 bits per heavy atom. The minimum atomic E-state index is 0.265. The fourth-order valence-electron chi connectivity index (χ4n) is 3.29. The fourth-order valence-corrected chi connectivity index (χ4v) is 3.29. The monoisotopic (exact) mass is 269 g/mol. The van der Waals surface area contributed by atoms with Gasteiger partial charge in [0.25, 0.3) is 0 Å². The van der Waals surface area contributed by atoms with Gasteiger partial charge in [-0.1, -0.05) is 50.2 Å². The van der Waals surface area contributed by atoms with Gasteiger partial charge in [-0.3, -0.25) is 4.90 Å². The number of nitrogens with zero attached hydrogens (tertiary/aromatic N) is 1. The maximum absolute atomic E-state index is 10.6. The molecule has 20 heavy (non-hydrogen) atoms. The standard InChI is InChI=1S/C18H23NO/c1-13(19-11-10-18(2,3)12-19)15-9-8-14-6-4-5-7-16(14)17(15)20/h4-9,13,20H,10-12H2,1-3H3. The average Bonchev–Trinajstić information content (AvgIpc) is 2.79. The lowest BCUT2D eigenvalue weighted by atomic mass is 9.93. The van der Waals surface area contributed by atoms with Crippen molar-refractivity contribution in [2.75, 3.05) is 13.1 Å². The van der Waals surface area contributed by atoms with E-state index in [0.29, 0.717) is 11.2 Å². The maximum atomic E-state index is 10.6. The van der Waals surface area contributed by atoms with Crippen LogP contribution in [0.2, 0.25) is 0 Å². The highest BCUT2D eigenvalue weighted by molar-refractivity contribution is 5.89. The SMILES string of the molecule is CC(c1ccc2ccccc2c1O)N1CCC(C)(C)C1. The first kappa shape index (κ1) is 13.4. The van der Waals surface area contributed by atoms with Crippen molar-refractivity contribution in [1.29, 1.82) is 0 Å². The van der Waals surface area contributed by atoms with E-state index in [1.807, 2.05) is 24.3 Å². The summed E-state index contributed by atoms with van der Waals surface area (Å²) in [6, 6.07) is 12.5. The third-order valence-electron chi connectivity index (χ3n) is 4.64. The lowest BCUT2D eigenvalue weighted by molar-refractivity contribution is 0.229. The Kier molecular flexibility index (Phi) is 3.21. The van der Waals surface area contributed by atoms with Crippen LogP contribution in [0.5, 0.6) is 5.75 Å². The fraction of sp³-hybridized carbons (Fsp3) is 0.444. The van der Waals surface area contributed by atoms with E-state index < -0.39 is 0 Å². The van der Waals surface area contributed by atoms with E-state index in [1.54, 1.807) is 0 Å². The van der Waals surface area contributed by atoms with Crippen molar-refractivity contribution < 1.29 is 5.11 Å². The maximum Gasteiger partial charge on any atom is 0.128 e. The topological polar surface area (TPSA) is 23.5 Å². The van der Waals surface area contributed by atoms with E-state index in [2.05, 4.69) is 37.8 Å². The van der Waals surface area contributed by atoms with Gasteiger partial charge in [-0.15, -0.1) is 0 Å². The molecule has 0 radical (unpaired) electrons. The predicted molar refractivity (Wildman–Crippen MR) is 84.0 cm³/mol. The summed E-state index contributed by atoms with van der Waals surface area (Å²) >= 11 is 0. The molecule has 0 amide bonds. The van der Waals surface area contributed by atoms with Crippen molar-refractivity contribution in [3.63, 3.8) is 0 Å². The number of rotatable bonds is 2. The number of hydrogen-bond acceptors (Lipinski definition) is 2. The highest BCUT2D eigenvalue weighted by atomic mass is 16.3. The summed E-state index contributed by atoms with van der Waals surface area (Å²) in [5.74, 6) is 0.445. The largest absolute Gasteiger partial charge is 0.507 e. The molecule has 0 bridgehead atoms. The summed E-state index contributed by atoms with van der Waals surface area (Å²) in [4.78, 5) is 2.48. The molecule has 1 aliphatic rings. The Balaban J connectivity index is 1.96. The molecule has 1 atom stereocenters. The number of aromatic hydroxyl groups is 1. The molecule has 2 heteroatoms. The zero-order chi connectivity index (χ0) is 14.3. The van der Waals surface area contributed by atoms with E-state index >= 15 is 0 Å². The van der Waals surface area contributed by atoms with Crippen molar-refractivity contribution in [2.45, 2.75) is 33.2 Å². The van der Waals surface area contributed by atoms with Crippen LogP contribution in [0, 0.1) is 5.41 Å². The van der Waals surface area contributed by atoms with Gasteiger partial charge >= 0.3 is 0 Å². The molecule has 2 aromatic rings. The molecule has 1 unspecified atom stereocenters. The smallest absolute Gasteiger partial charge is 0.128 e. The molecule has 0 saturated carbocycles. The summed E-state index contributed by atoms with van der Waals surface area (Å²) in [5, 5.41) is 12.6. The average molecular weight is 269 g/mol. The van der Waals surface area contributed by atoms with E-state index in [1.165, 1.54) is 6.42 Å². The summed E-state index contributed by atoms with van der Waals surface area (Å²) < 4.78 is 0. The first-order valence-electron chi connectivity index (χ1n) is 7.43. The lowest BCUT2D eigenvalue weighted by Crippen LogP contribution is -2.26. The van der Waals surface area contributed by atoms with Crippen LogP contribution in [0.25, 0.3) is 10.8 Å². The van der Waals surface area contributed by atoms with Gasteiger partial charge in [-0.2, -0.15) is 0 Å². The van der Waals surface area contributed by atoms with Gasteiger partial charge in [0, 0.05) is 23.5 Å². The predicted octanol–water partition coefficient (Wildman–Crippen LogP) is 4.34. The quantitative estimate of drug-likeness (QED) is 0.876. The molecule has 0 spiro atoms. The van der Waals surface area contributed by atoms with Crippen LogP contribution < -0.4 is 0 Å². The molecule has 2 nitrogen and oxygen atoms in total. The molecule has 1 saturated heterocycles. The molecule has 1 aliphatic heterocycles. The molecular formula is C18H23NO. The van der Waals surface area contributed by atoms with Crippen LogP contribution in [-0.2, 0) is 0 Å². The third kappa shape index (κ3) is 2.29. The van der Waals surface area contributed by atoms with E-state index in [-0.39, 0.29) is 6.04 Å². The lowest BCUT2D eigenvalue weighted by Gasteiger charge is -2.27. The molecule has 2 aromatic carbocycles. The molecule has 1 fully saturated rings. The number of hydrogen-bond donors (Lipinski definition) is 1. The Morgan fingerprint density at radius 1 is 1.15 bits per heavy atom. The van der Waals surface area contributed by atoms with Crippen molar-refractivity contribution >= 4 is 10.8 Å². The molecule has 1 heterocycles. The summed E-state index contributed by atoms with van der Waals surface area (Å²) in [6.07, 6.45) is 1.23. The number of phenolic OH excluding ortho intramolecular Hbond substituents is 1. The number of benzene rings is 2. The molecule has 1 N–H and O–H groups in total. The summed E-state index contributed by atoms with van der Waals surface area (Å²) in [7, 11) is 0. The number of fused-ring (bicyclic) bond motifs is 1. The van der Waals surface area contributed by atoms with Crippen LogP contribution in [0.3, 0.4) is 0 Å². The highest BCUT2D eigenvalue weighted by Crippen LogP contribution is 2.39.